The molecule has 1 aliphatic carbocycles. The Balaban J connectivity index is 1.29. The van der Waals surface area contributed by atoms with Crippen LogP contribution in [0.3, 0.4) is 0 Å². The van der Waals surface area contributed by atoms with Crippen molar-refractivity contribution in [2.45, 2.75) is 45.1 Å². The van der Waals surface area contributed by atoms with E-state index >= 15 is 0 Å². The molecule has 3 aliphatic rings. The van der Waals surface area contributed by atoms with E-state index in [1.54, 1.807) is 6.07 Å². The van der Waals surface area contributed by atoms with Gasteiger partial charge in [-0.15, -0.1) is 0 Å². The predicted molar refractivity (Wildman–Crippen MR) is 157 cm³/mol. The largest absolute Gasteiger partial charge is 0.507 e. The number of nitrogens with zero attached hydrogens (tertiary/aromatic N) is 1. The van der Waals surface area contributed by atoms with Crippen LogP contribution in [0.15, 0.2) is 96.1 Å². The van der Waals surface area contributed by atoms with Gasteiger partial charge < -0.3 is 9.84 Å². The first kappa shape index (κ1) is 26.3. The Morgan fingerprint density at radius 2 is 1.62 bits per heavy atom. The number of carbonyl (C=O) groups excluding carboxylic acids is 2. The Morgan fingerprint density at radius 1 is 0.925 bits per heavy atom. The van der Waals surface area contributed by atoms with Gasteiger partial charge in [-0.3, -0.25) is 14.5 Å². The monoisotopic (exact) mass is 533 g/mol. The summed E-state index contributed by atoms with van der Waals surface area (Å²) in [6.07, 6.45) is 6.05. The molecule has 0 bridgehead atoms. The number of ether oxygens (including phenoxy) is 1. The number of carbonyl (C=O) groups is 2. The van der Waals surface area contributed by atoms with E-state index in [9.17, 15) is 14.7 Å². The SMILES string of the molecule is CCCC1=C2[C@@H](CC/C(=C/c3ccccc3O)c3ccccc3)OC[C@@H]2[C@@H]2C(=O)N(c3ccccc3)C(=O)[C@@H]2C1. The fourth-order valence-corrected chi connectivity index (χ4v) is 6.88. The van der Waals surface area contributed by atoms with Crippen LogP contribution >= 0.6 is 0 Å². The lowest BCUT2D eigenvalue weighted by molar-refractivity contribution is -0.122. The van der Waals surface area contributed by atoms with E-state index in [-0.39, 0.29) is 41.4 Å². The second kappa shape index (κ2) is 11.3. The number of benzene rings is 3. The van der Waals surface area contributed by atoms with Crippen LogP contribution < -0.4 is 4.90 Å². The molecule has 0 radical (unpaired) electrons. The Hall–Kier alpha value is -3.96. The first-order valence-electron chi connectivity index (χ1n) is 14.4. The lowest BCUT2D eigenvalue weighted by Gasteiger charge is -2.32. The topological polar surface area (TPSA) is 66.8 Å². The van der Waals surface area contributed by atoms with Crippen LogP contribution in [0, 0.1) is 17.8 Å². The van der Waals surface area contributed by atoms with Crippen molar-refractivity contribution in [3.63, 3.8) is 0 Å². The van der Waals surface area contributed by atoms with Gasteiger partial charge in [0.05, 0.1) is 30.2 Å². The van der Waals surface area contributed by atoms with Crippen LogP contribution in [-0.4, -0.2) is 29.6 Å². The van der Waals surface area contributed by atoms with Gasteiger partial charge in [-0.1, -0.05) is 85.6 Å². The normalized spacial score (nSPS) is 24.4. The number of phenolic OH excluding ortho intramolecular Hbond substituents is 1. The third kappa shape index (κ3) is 4.79. The Bertz CT molecular complexity index is 1460. The maximum Gasteiger partial charge on any atom is 0.238 e. The minimum absolute atomic E-state index is 0.0576. The first-order chi connectivity index (χ1) is 19.6. The highest BCUT2D eigenvalue weighted by atomic mass is 16.5. The fraction of sp³-hybridized carbons (Fsp3) is 0.314. The number of hydrogen-bond donors (Lipinski definition) is 1. The van der Waals surface area contributed by atoms with Crippen molar-refractivity contribution in [2.75, 3.05) is 11.5 Å². The highest BCUT2D eigenvalue weighted by Gasteiger charge is 2.57. The number of para-hydroxylation sites is 2. The van der Waals surface area contributed by atoms with E-state index < -0.39 is 0 Å². The van der Waals surface area contributed by atoms with Crippen LogP contribution in [0.5, 0.6) is 5.75 Å². The lowest BCUT2D eigenvalue weighted by Crippen LogP contribution is -2.34. The Labute approximate surface area is 235 Å². The molecule has 40 heavy (non-hydrogen) atoms. The van der Waals surface area contributed by atoms with Crippen LogP contribution in [0.2, 0.25) is 0 Å². The maximum atomic E-state index is 13.7. The molecule has 0 saturated carbocycles. The van der Waals surface area contributed by atoms with Crippen LogP contribution in [0.25, 0.3) is 11.6 Å². The molecule has 0 unspecified atom stereocenters. The molecule has 5 heteroatoms. The van der Waals surface area contributed by atoms with Gasteiger partial charge in [0.15, 0.2) is 0 Å². The number of hydrogen-bond acceptors (Lipinski definition) is 4. The van der Waals surface area contributed by atoms with E-state index in [1.165, 1.54) is 16.0 Å². The maximum absolute atomic E-state index is 13.7. The van der Waals surface area contributed by atoms with Crippen LogP contribution in [-0.2, 0) is 14.3 Å². The number of fused-ring (bicyclic) bond motifs is 3. The highest BCUT2D eigenvalue weighted by Crippen LogP contribution is 2.51. The molecule has 3 aromatic rings. The molecule has 0 aromatic heterocycles. The number of anilines is 1. The fourth-order valence-electron chi connectivity index (χ4n) is 6.88. The summed E-state index contributed by atoms with van der Waals surface area (Å²) in [5.41, 5.74) is 6.24. The standard InChI is InChI=1S/C35H35NO4/c1-2-11-26-21-28-33(35(39)36(34(28)38)27-15-7-4-8-16-27)29-22-40-31(32(26)29)19-18-24(23-12-5-3-6-13-23)20-25-14-9-10-17-30(25)37/h3-10,12-17,20,28-29,31,33,37H,2,11,18-19,21-22H2,1H3/b24-20-/t28-,29+,31-,33-/m1/s1. The van der Waals surface area contributed by atoms with Crippen molar-refractivity contribution in [3.8, 4) is 5.75 Å². The molecule has 2 amide bonds. The quantitative estimate of drug-likeness (QED) is 0.192. The van der Waals surface area contributed by atoms with Crippen molar-refractivity contribution in [2.24, 2.45) is 17.8 Å². The van der Waals surface area contributed by atoms with E-state index in [0.717, 1.165) is 42.4 Å². The zero-order valence-electron chi connectivity index (χ0n) is 22.8. The summed E-state index contributed by atoms with van der Waals surface area (Å²) in [5, 5.41) is 10.4. The van der Waals surface area contributed by atoms with Gasteiger partial charge in [-0.25, -0.2) is 0 Å². The summed E-state index contributed by atoms with van der Waals surface area (Å²) >= 11 is 0. The van der Waals surface area contributed by atoms with Gasteiger partial charge in [0.1, 0.15) is 5.75 Å². The predicted octanol–water partition coefficient (Wildman–Crippen LogP) is 7.03. The van der Waals surface area contributed by atoms with E-state index in [1.807, 2.05) is 66.7 Å². The average Bonchev–Trinajstić information content (AvgIpc) is 3.51. The van der Waals surface area contributed by atoms with Gasteiger partial charge >= 0.3 is 0 Å². The van der Waals surface area contributed by atoms with E-state index in [4.69, 9.17) is 4.74 Å². The molecule has 2 aliphatic heterocycles. The van der Waals surface area contributed by atoms with Crippen molar-refractivity contribution in [1.29, 1.82) is 0 Å². The first-order valence-corrected chi connectivity index (χ1v) is 14.4. The van der Waals surface area contributed by atoms with Crippen LogP contribution in [0.4, 0.5) is 5.69 Å². The second-order valence-electron chi connectivity index (χ2n) is 11.1. The second-order valence-corrected chi connectivity index (χ2v) is 11.1. The van der Waals surface area contributed by atoms with Crippen molar-refractivity contribution in [1.82, 2.24) is 0 Å². The van der Waals surface area contributed by atoms with Crippen molar-refractivity contribution in [3.05, 3.63) is 107 Å². The molecule has 2 saturated heterocycles. The zero-order valence-corrected chi connectivity index (χ0v) is 22.8. The molecule has 1 N–H and O–H groups in total. The third-order valence-electron chi connectivity index (χ3n) is 8.66. The molecule has 6 rings (SSSR count). The minimum Gasteiger partial charge on any atom is -0.507 e. The molecule has 2 fully saturated rings. The average molecular weight is 534 g/mol. The number of amides is 2. The zero-order chi connectivity index (χ0) is 27.6. The van der Waals surface area contributed by atoms with Crippen molar-refractivity contribution < 1.29 is 19.4 Å². The molecule has 0 spiro atoms. The van der Waals surface area contributed by atoms with E-state index in [0.29, 0.717) is 18.7 Å². The summed E-state index contributed by atoms with van der Waals surface area (Å²) in [4.78, 5) is 28.7. The summed E-state index contributed by atoms with van der Waals surface area (Å²) in [6.45, 7) is 2.64. The number of rotatable bonds is 8. The van der Waals surface area contributed by atoms with Gasteiger partial charge in [-0.05, 0) is 66.7 Å². The number of aromatic hydroxyl groups is 1. The number of allylic oxidation sites excluding steroid dienone is 2. The summed E-state index contributed by atoms with van der Waals surface area (Å²) < 4.78 is 6.45. The van der Waals surface area contributed by atoms with Crippen molar-refractivity contribution >= 4 is 29.2 Å². The molecule has 2 heterocycles. The Kier molecular flexibility index (Phi) is 7.40. The minimum atomic E-state index is -0.362. The smallest absolute Gasteiger partial charge is 0.238 e. The Morgan fingerprint density at radius 3 is 2.35 bits per heavy atom. The van der Waals surface area contributed by atoms with Gasteiger partial charge in [0.25, 0.3) is 0 Å². The van der Waals surface area contributed by atoms with Gasteiger partial charge in [0.2, 0.25) is 11.8 Å². The number of imide groups is 1. The van der Waals surface area contributed by atoms with Gasteiger partial charge in [-0.2, -0.15) is 0 Å². The summed E-state index contributed by atoms with van der Waals surface area (Å²) in [5.74, 6) is -0.642. The summed E-state index contributed by atoms with van der Waals surface area (Å²) in [7, 11) is 0. The number of phenols is 1. The molecular weight excluding hydrogens is 498 g/mol. The van der Waals surface area contributed by atoms with Crippen LogP contribution in [0.1, 0.15) is 50.2 Å². The highest BCUT2D eigenvalue weighted by molar-refractivity contribution is 6.22. The molecular formula is C35H35NO4. The molecule has 4 atom stereocenters. The molecule has 3 aromatic carbocycles. The summed E-state index contributed by atoms with van der Waals surface area (Å²) in [6, 6.07) is 26.9. The molecule has 5 nitrogen and oxygen atoms in total. The van der Waals surface area contributed by atoms with Gasteiger partial charge in [0, 0.05) is 11.5 Å². The lowest BCUT2D eigenvalue weighted by atomic mass is 9.68. The third-order valence-corrected chi connectivity index (χ3v) is 8.66. The molecule has 204 valence electrons. The van der Waals surface area contributed by atoms with E-state index in [2.05, 4.69) is 25.1 Å².